The molecule has 0 aromatic heterocycles. The summed E-state index contributed by atoms with van der Waals surface area (Å²) < 4.78 is 10.5. The number of nitrogens with zero attached hydrogens (tertiary/aromatic N) is 2. The van der Waals surface area contributed by atoms with Gasteiger partial charge in [-0.3, -0.25) is 9.59 Å². The summed E-state index contributed by atoms with van der Waals surface area (Å²) in [6.07, 6.45) is -0.795. The van der Waals surface area contributed by atoms with Gasteiger partial charge in [0.1, 0.15) is 12.3 Å². The number of amides is 2. The molecule has 0 spiro atoms. The van der Waals surface area contributed by atoms with Crippen LogP contribution in [0.1, 0.15) is 17.3 Å². The Kier molecular flexibility index (Phi) is 6.57. The van der Waals surface area contributed by atoms with E-state index in [1.54, 1.807) is 31.4 Å². The molecule has 7 heteroatoms. The third-order valence-corrected chi connectivity index (χ3v) is 3.81. The molecule has 2 rings (SSSR count). The highest BCUT2D eigenvalue weighted by Gasteiger charge is 2.30. The lowest BCUT2D eigenvalue weighted by molar-refractivity contribution is -0.131. The van der Waals surface area contributed by atoms with Gasteiger partial charge in [0.2, 0.25) is 5.91 Å². The number of hydrogen-bond acceptors (Lipinski definition) is 5. The van der Waals surface area contributed by atoms with Gasteiger partial charge in [0.15, 0.2) is 0 Å². The standard InChI is InChI=1S/C17H24N2O5/c1-3-24-15-7-5-4-6-14(15)17(22)19-11-13(20)10-18(8-9-23-2)16(21)12-19/h4-7,13,20H,3,8-12H2,1-2H3. The number of hydrogen-bond donors (Lipinski definition) is 1. The van der Waals surface area contributed by atoms with E-state index in [0.717, 1.165) is 0 Å². The highest BCUT2D eigenvalue weighted by Crippen LogP contribution is 2.21. The predicted octanol–water partition coefficient (Wildman–Crippen LogP) is 0.377. The minimum atomic E-state index is -0.795. The molecule has 2 amide bonds. The van der Waals surface area contributed by atoms with Crippen LogP contribution in [-0.2, 0) is 9.53 Å². The van der Waals surface area contributed by atoms with E-state index >= 15 is 0 Å². The van der Waals surface area contributed by atoms with E-state index < -0.39 is 6.10 Å². The second-order valence-electron chi connectivity index (χ2n) is 5.60. The molecule has 0 saturated carbocycles. The van der Waals surface area contributed by atoms with Crippen molar-refractivity contribution in [1.29, 1.82) is 0 Å². The topological polar surface area (TPSA) is 79.3 Å². The van der Waals surface area contributed by atoms with Gasteiger partial charge in [0, 0.05) is 26.7 Å². The summed E-state index contributed by atoms with van der Waals surface area (Å²) in [5.74, 6) is -0.0432. The highest BCUT2D eigenvalue weighted by atomic mass is 16.5. The van der Waals surface area contributed by atoms with Gasteiger partial charge in [-0.2, -0.15) is 0 Å². The van der Waals surface area contributed by atoms with Crippen molar-refractivity contribution in [2.24, 2.45) is 0 Å². The number of methoxy groups -OCH3 is 1. The minimum absolute atomic E-state index is 0.0694. The Balaban J connectivity index is 2.16. The van der Waals surface area contributed by atoms with Crippen LogP contribution in [0.25, 0.3) is 0 Å². The number of aliphatic hydroxyl groups excluding tert-OH is 1. The van der Waals surface area contributed by atoms with E-state index in [0.29, 0.717) is 31.1 Å². The average Bonchev–Trinajstić information content (AvgIpc) is 2.71. The number of para-hydroxylation sites is 1. The summed E-state index contributed by atoms with van der Waals surface area (Å²) in [5.41, 5.74) is 0.393. The zero-order chi connectivity index (χ0) is 17.5. The molecular formula is C17H24N2O5. The fourth-order valence-corrected chi connectivity index (χ4v) is 2.66. The van der Waals surface area contributed by atoms with Crippen LogP contribution < -0.4 is 4.74 Å². The molecule has 24 heavy (non-hydrogen) atoms. The molecule has 1 unspecified atom stereocenters. The van der Waals surface area contributed by atoms with Crippen LogP contribution >= 0.6 is 0 Å². The Morgan fingerprint density at radius 2 is 2.08 bits per heavy atom. The van der Waals surface area contributed by atoms with Crippen molar-refractivity contribution in [3.05, 3.63) is 29.8 Å². The summed E-state index contributed by atoms with van der Waals surface area (Å²) in [4.78, 5) is 28.1. The van der Waals surface area contributed by atoms with Gasteiger partial charge in [0.25, 0.3) is 5.91 Å². The molecule has 1 aromatic carbocycles. The van der Waals surface area contributed by atoms with Crippen LogP contribution in [-0.4, -0.2) is 79.3 Å². The third kappa shape index (κ3) is 4.46. The van der Waals surface area contributed by atoms with E-state index in [1.807, 2.05) is 6.92 Å². The lowest BCUT2D eigenvalue weighted by Crippen LogP contribution is -2.40. The molecule has 1 saturated heterocycles. The zero-order valence-electron chi connectivity index (χ0n) is 14.1. The molecule has 0 aliphatic carbocycles. The van der Waals surface area contributed by atoms with Crippen LogP contribution in [0.4, 0.5) is 0 Å². The van der Waals surface area contributed by atoms with Crippen molar-refractivity contribution in [1.82, 2.24) is 9.80 Å². The lowest BCUT2D eigenvalue weighted by atomic mass is 10.1. The number of carbonyl (C=O) groups excluding carboxylic acids is 2. The first kappa shape index (κ1) is 18.2. The van der Waals surface area contributed by atoms with Crippen molar-refractivity contribution < 1.29 is 24.2 Å². The van der Waals surface area contributed by atoms with Crippen molar-refractivity contribution in [3.63, 3.8) is 0 Å². The fraction of sp³-hybridized carbons (Fsp3) is 0.529. The molecule has 1 heterocycles. The molecule has 1 aliphatic rings. The van der Waals surface area contributed by atoms with E-state index in [9.17, 15) is 14.7 Å². The van der Waals surface area contributed by atoms with E-state index in [1.165, 1.54) is 9.80 Å². The number of rotatable bonds is 6. The molecule has 7 nitrogen and oxygen atoms in total. The Labute approximate surface area is 141 Å². The maximum atomic E-state index is 12.8. The number of benzene rings is 1. The van der Waals surface area contributed by atoms with Gasteiger partial charge in [-0.1, -0.05) is 12.1 Å². The maximum absolute atomic E-state index is 12.8. The van der Waals surface area contributed by atoms with Gasteiger partial charge in [-0.05, 0) is 19.1 Å². The zero-order valence-corrected chi connectivity index (χ0v) is 14.1. The second-order valence-corrected chi connectivity index (χ2v) is 5.60. The average molecular weight is 336 g/mol. The number of carbonyl (C=O) groups is 2. The maximum Gasteiger partial charge on any atom is 0.258 e. The summed E-state index contributed by atoms with van der Waals surface area (Å²) >= 11 is 0. The predicted molar refractivity (Wildman–Crippen MR) is 88.0 cm³/mol. The van der Waals surface area contributed by atoms with Crippen LogP contribution in [0, 0.1) is 0 Å². The number of β-amino-alcohol motifs (C(OH)–C–C–N with tert-alkyl or cyclic N) is 1. The van der Waals surface area contributed by atoms with Crippen LogP contribution in [0.5, 0.6) is 5.75 Å². The first-order valence-electron chi connectivity index (χ1n) is 8.02. The Hall–Kier alpha value is -2.12. The minimum Gasteiger partial charge on any atom is -0.493 e. The Morgan fingerprint density at radius 1 is 1.33 bits per heavy atom. The SMILES string of the molecule is CCOc1ccccc1C(=O)N1CC(=O)N(CCOC)CC(O)C1. The van der Waals surface area contributed by atoms with Gasteiger partial charge >= 0.3 is 0 Å². The Bertz CT molecular complexity index is 578. The summed E-state index contributed by atoms with van der Waals surface area (Å²) in [6, 6.07) is 6.92. The molecule has 1 fully saturated rings. The molecule has 0 bridgehead atoms. The third-order valence-electron chi connectivity index (χ3n) is 3.81. The summed E-state index contributed by atoms with van der Waals surface area (Å²) in [6.45, 7) is 3.29. The fourth-order valence-electron chi connectivity index (χ4n) is 2.66. The molecule has 1 N–H and O–H groups in total. The van der Waals surface area contributed by atoms with Crippen molar-refractivity contribution in [2.75, 3.05) is 46.5 Å². The summed E-state index contributed by atoms with van der Waals surface area (Å²) in [5, 5.41) is 10.2. The molecular weight excluding hydrogens is 312 g/mol. The largest absolute Gasteiger partial charge is 0.493 e. The van der Waals surface area contributed by atoms with E-state index in [-0.39, 0.29) is 31.4 Å². The van der Waals surface area contributed by atoms with Crippen molar-refractivity contribution in [2.45, 2.75) is 13.0 Å². The lowest BCUT2D eigenvalue weighted by Gasteiger charge is -2.22. The smallest absolute Gasteiger partial charge is 0.258 e. The molecule has 1 aliphatic heterocycles. The number of aliphatic hydroxyl groups is 1. The quantitative estimate of drug-likeness (QED) is 0.812. The van der Waals surface area contributed by atoms with Gasteiger partial charge in [-0.25, -0.2) is 0 Å². The van der Waals surface area contributed by atoms with Crippen molar-refractivity contribution >= 4 is 11.8 Å². The van der Waals surface area contributed by atoms with Gasteiger partial charge < -0.3 is 24.4 Å². The second kappa shape index (κ2) is 8.65. The highest BCUT2D eigenvalue weighted by molar-refractivity contribution is 5.99. The molecule has 1 aromatic rings. The van der Waals surface area contributed by atoms with Crippen molar-refractivity contribution in [3.8, 4) is 5.75 Å². The van der Waals surface area contributed by atoms with E-state index in [4.69, 9.17) is 9.47 Å². The first-order chi connectivity index (χ1) is 11.6. The number of ether oxygens (including phenoxy) is 2. The van der Waals surface area contributed by atoms with E-state index in [2.05, 4.69) is 0 Å². The normalized spacial score (nSPS) is 18.5. The molecule has 0 radical (unpaired) electrons. The Morgan fingerprint density at radius 3 is 2.79 bits per heavy atom. The molecule has 1 atom stereocenters. The van der Waals surface area contributed by atoms with Gasteiger partial charge in [-0.15, -0.1) is 0 Å². The summed E-state index contributed by atoms with van der Waals surface area (Å²) in [7, 11) is 1.55. The monoisotopic (exact) mass is 336 g/mol. The van der Waals surface area contributed by atoms with Crippen LogP contribution in [0.15, 0.2) is 24.3 Å². The van der Waals surface area contributed by atoms with Crippen LogP contribution in [0.3, 0.4) is 0 Å². The first-order valence-corrected chi connectivity index (χ1v) is 8.02. The van der Waals surface area contributed by atoms with Crippen LogP contribution in [0.2, 0.25) is 0 Å². The van der Waals surface area contributed by atoms with Gasteiger partial charge in [0.05, 0.1) is 24.9 Å². The molecule has 132 valence electrons.